The SMILES string of the molecule is CC1(C)C(=O)C(C#N)=C[C@]2(C)c3nn(C(C)(C)C)cc3CCC12. The van der Waals surface area contributed by atoms with Crippen molar-refractivity contribution in [2.24, 2.45) is 11.3 Å². The number of hydrogen-bond acceptors (Lipinski definition) is 3. The maximum atomic E-state index is 12.6. The number of carbonyl (C=O) groups excluding carboxylic acids is 1. The summed E-state index contributed by atoms with van der Waals surface area (Å²) in [6.07, 6.45) is 5.91. The maximum Gasteiger partial charge on any atom is 0.178 e. The molecule has 3 rings (SSSR count). The van der Waals surface area contributed by atoms with Gasteiger partial charge in [0.2, 0.25) is 0 Å². The van der Waals surface area contributed by atoms with Crippen LogP contribution < -0.4 is 0 Å². The number of allylic oxidation sites excluding steroid dienone is 2. The Morgan fingerprint density at radius 3 is 2.57 bits per heavy atom. The first-order valence-corrected chi connectivity index (χ1v) is 8.29. The second-order valence-corrected chi connectivity index (χ2v) is 8.71. The lowest BCUT2D eigenvalue weighted by atomic mass is 9.52. The highest BCUT2D eigenvalue weighted by Gasteiger charge is 2.55. The van der Waals surface area contributed by atoms with Crippen molar-refractivity contribution in [3.8, 4) is 6.07 Å². The molecule has 122 valence electrons. The van der Waals surface area contributed by atoms with E-state index in [0.717, 1.165) is 18.5 Å². The zero-order valence-electron chi connectivity index (χ0n) is 14.9. The highest BCUT2D eigenvalue weighted by molar-refractivity contribution is 6.04. The zero-order valence-corrected chi connectivity index (χ0v) is 14.9. The predicted molar refractivity (Wildman–Crippen MR) is 88.9 cm³/mol. The number of ketones is 1. The number of aryl methyl sites for hydroxylation is 1. The van der Waals surface area contributed by atoms with E-state index in [1.807, 2.05) is 24.6 Å². The van der Waals surface area contributed by atoms with E-state index < -0.39 is 5.41 Å². The fourth-order valence-corrected chi connectivity index (χ4v) is 4.39. The van der Waals surface area contributed by atoms with Gasteiger partial charge in [0.05, 0.1) is 16.8 Å². The van der Waals surface area contributed by atoms with Crippen molar-refractivity contribution in [2.75, 3.05) is 0 Å². The molecule has 0 radical (unpaired) electrons. The van der Waals surface area contributed by atoms with Crippen LogP contribution in [0.5, 0.6) is 0 Å². The quantitative estimate of drug-likeness (QED) is 0.736. The molecule has 0 bridgehead atoms. The Morgan fingerprint density at radius 2 is 2.00 bits per heavy atom. The molecule has 0 aromatic carbocycles. The predicted octanol–water partition coefficient (Wildman–Crippen LogP) is 3.52. The average Bonchev–Trinajstić information content (AvgIpc) is 2.88. The molecule has 0 N–H and O–H groups in total. The van der Waals surface area contributed by atoms with Crippen molar-refractivity contribution in [1.82, 2.24) is 9.78 Å². The molecule has 23 heavy (non-hydrogen) atoms. The smallest absolute Gasteiger partial charge is 0.178 e. The van der Waals surface area contributed by atoms with Crippen LogP contribution in [0.15, 0.2) is 17.8 Å². The first-order chi connectivity index (χ1) is 10.5. The van der Waals surface area contributed by atoms with Crippen LogP contribution in [0.1, 0.15) is 59.2 Å². The molecule has 0 fully saturated rings. The van der Waals surface area contributed by atoms with E-state index in [0.29, 0.717) is 0 Å². The van der Waals surface area contributed by atoms with Gasteiger partial charge in [0.25, 0.3) is 0 Å². The monoisotopic (exact) mass is 311 g/mol. The molecule has 1 aromatic heterocycles. The van der Waals surface area contributed by atoms with Crippen LogP contribution in [-0.2, 0) is 22.2 Å². The number of rotatable bonds is 0. The molecule has 0 amide bonds. The molecule has 2 aliphatic carbocycles. The topological polar surface area (TPSA) is 58.7 Å². The van der Waals surface area contributed by atoms with Crippen molar-refractivity contribution in [3.05, 3.63) is 29.1 Å². The Labute approximate surface area is 138 Å². The van der Waals surface area contributed by atoms with E-state index >= 15 is 0 Å². The van der Waals surface area contributed by atoms with Gasteiger partial charge in [-0.25, -0.2) is 0 Å². The van der Waals surface area contributed by atoms with Gasteiger partial charge in [-0.3, -0.25) is 9.48 Å². The highest BCUT2D eigenvalue weighted by atomic mass is 16.1. The largest absolute Gasteiger partial charge is 0.293 e. The van der Waals surface area contributed by atoms with E-state index in [4.69, 9.17) is 5.10 Å². The number of Topliss-reactive ketones (excluding diaryl/α,β-unsaturated/α-hetero) is 1. The molecule has 1 heterocycles. The number of carbonyl (C=O) groups is 1. The van der Waals surface area contributed by atoms with Crippen molar-refractivity contribution >= 4 is 5.78 Å². The fourth-order valence-electron chi connectivity index (χ4n) is 4.39. The lowest BCUT2D eigenvalue weighted by Crippen LogP contribution is -2.51. The second kappa shape index (κ2) is 4.56. The van der Waals surface area contributed by atoms with Crippen LogP contribution in [0, 0.1) is 22.7 Å². The number of aromatic nitrogens is 2. The molecule has 2 aliphatic rings. The zero-order chi connectivity index (χ0) is 17.2. The van der Waals surface area contributed by atoms with Gasteiger partial charge < -0.3 is 0 Å². The standard InChI is InChI=1S/C19H25N3O/c1-17(2,3)22-11-12-7-8-14-18(4,5)16(23)13(10-20)9-19(14,6)15(12)21-22/h9,11,14H,7-8H2,1-6H3/t14?,19-/m0/s1. The lowest BCUT2D eigenvalue weighted by molar-refractivity contribution is -0.128. The lowest BCUT2D eigenvalue weighted by Gasteiger charge is -2.49. The van der Waals surface area contributed by atoms with Crippen LogP contribution in [-0.4, -0.2) is 15.6 Å². The molecular weight excluding hydrogens is 286 g/mol. The third-order valence-electron chi connectivity index (χ3n) is 5.68. The molecule has 4 nitrogen and oxygen atoms in total. The molecular formula is C19H25N3O. The Bertz CT molecular complexity index is 755. The summed E-state index contributed by atoms with van der Waals surface area (Å²) in [5, 5.41) is 14.3. The minimum absolute atomic E-state index is 0.0267. The normalized spacial score (nSPS) is 29.3. The minimum Gasteiger partial charge on any atom is -0.293 e. The van der Waals surface area contributed by atoms with Crippen molar-refractivity contribution in [2.45, 2.75) is 65.3 Å². The van der Waals surface area contributed by atoms with Gasteiger partial charge in [0.15, 0.2) is 5.78 Å². The van der Waals surface area contributed by atoms with E-state index in [1.54, 1.807) is 0 Å². The number of hydrogen-bond donors (Lipinski definition) is 0. The van der Waals surface area contributed by atoms with E-state index in [1.165, 1.54) is 5.56 Å². The third-order valence-corrected chi connectivity index (χ3v) is 5.68. The van der Waals surface area contributed by atoms with Gasteiger partial charge in [-0.1, -0.05) is 26.8 Å². The Morgan fingerprint density at radius 1 is 1.35 bits per heavy atom. The molecule has 0 saturated heterocycles. The van der Waals surface area contributed by atoms with E-state index in [-0.39, 0.29) is 28.2 Å². The number of nitriles is 1. The first-order valence-electron chi connectivity index (χ1n) is 8.29. The van der Waals surface area contributed by atoms with Crippen LogP contribution in [0.4, 0.5) is 0 Å². The summed E-state index contributed by atoms with van der Waals surface area (Å²) in [5.41, 5.74) is 1.61. The molecule has 2 atom stereocenters. The summed E-state index contributed by atoms with van der Waals surface area (Å²) in [5.74, 6) is 0.150. The molecule has 1 unspecified atom stereocenters. The molecule has 0 saturated carbocycles. The second-order valence-electron chi connectivity index (χ2n) is 8.71. The Kier molecular flexibility index (Phi) is 3.17. The average molecular weight is 311 g/mol. The van der Waals surface area contributed by atoms with E-state index in [2.05, 4.69) is 40.0 Å². The van der Waals surface area contributed by atoms with Gasteiger partial charge in [0.1, 0.15) is 6.07 Å². The van der Waals surface area contributed by atoms with Crippen molar-refractivity contribution in [1.29, 1.82) is 5.26 Å². The van der Waals surface area contributed by atoms with Gasteiger partial charge >= 0.3 is 0 Å². The summed E-state index contributed by atoms with van der Waals surface area (Å²) >= 11 is 0. The summed E-state index contributed by atoms with van der Waals surface area (Å²) in [4.78, 5) is 12.6. The molecule has 4 heteroatoms. The summed E-state index contributed by atoms with van der Waals surface area (Å²) in [7, 11) is 0. The minimum atomic E-state index is -0.530. The summed E-state index contributed by atoms with van der Waals surface area (Å²) in [6, 6.07) is 2.11. The van der Waals surface area contributed by atoms with E-state index in [9.17, 15) is 10.1 Å². The molecule has 1 aromatic rings. The fraction of sp³-hybridized carbons (Fsp3) is 0.632. The molecule has 0 spiro atoms. The summed E-state index contributed by atoms with van der Waals surface area (Å²) in [6.45, 7) is 12.5. The van der Waals surface area contributed by atoms with Crippen LogP contribution >= 0.6 is 0 Å². The van der Waals surface area contributed by atoms with Gasteiger partial charge in [-0.05, 0) is 45.1 Å². The highest BCUT2D eigenvalue weighted by Crippen LogP contribution is 2.54. The van der Waals surface area contributed by atoms with Crippen molar-refractivity contribution < 1.29 is 4.79 Å². The van der Waals surface area contributed by atoms with Gasteiger partial charge in [-0.2, -0.15) is 10.4 Å². The van der Waals surface area contributed by atoms with Gasteiger partial charge in [0, 0.05) is 17.0 Å². The molecule has 0 aliphatic heterocycles. The summed E-state index contributed by atoms with van der Waals surface area (Å²) < 4.78 is 2.02. The van der Waals surface area contributed by atoms with Crippen LogP contribution in [0.2, 0.25) is 0 Å². The maximum absolute atomic E-state index is 12.6. The van der Waals surface area contributed by atoms with Crippen molar-refractivity contribution in [3.63, 3.8) is 0 Å². The third kappa shape index (κ3) is 2.09. The number of fused-ring (bicyclic) bond motifs is 3. The van der Waals surface area contributed by atoms with Crippen LogP contribution in [0.25, 0.3) is 0 Å². The van der Waals surface area contributed by atoms with Crippen LogP contribution in [0.3, 0.4) is 0 Å². The van der Waals surface area contributed by atoms with Gasteiger partial charge in [-0.15, -0.1) is 0 Å². The number of nitrogens with zero attached hydrogens (tertiary/aromatic N) is 3. The Balaban J connectivity index is 2.24. The first kappa shape index (κ1) is 16.0. The Hall–Kier alpha value is -1.89.